The average Bonchev–Trinajstić information content (AvgIpc) is 2.78. The van der Waals surface area contributed by atoms with Crippen LogP contribution in [0.4, 0.5) is 4.79 Å². The molecule has 0 N–H and O–H groups in total. The second-order valence-corrected chi connectivity index (χ2v) is 7.83. The van der Waals surface area contributed by atoms with Crippen molar-refractivity contribution in [2.24, 2.45) is 5.92 Å². The maximum Gasteiger partial charge on any atom is 0.409 e. The molecule has 1 heterocycles. The van der Waals surface area contributed by atoms with E-state index < -0.39 is 0 Å². The lowest BCUT2D eigenvalue weighted by Gasteiger charge is -2.22. The summed E-state index contributed by atoms with van der Waals surface area (Å²) in [5, 5.41) is 0.617. The Morgan fingerprint density at radius 1 is 1.21 bits per heavy atom. The molecule has 0 saturated carbocycles. The summed E-state index contributed by atoms with van der Waals surface area (Å²) in [6.07, 6.45) is 0.450. The van der Waals surface area contributed by atoms with Crippen molar-refractivity contribution in [2.45, 2.75) is 20.3 Å². The topological polar surface area (TPSA) is 49.9 Å². The van der Waals surface area contributed by atoms with Crippen molar-refractivity contribution in [1.82, 2.24) is 9.80 Å². The Balaban J connectivity index is 1.97. The van der Waals surface area contributed by atoms with Gasteiger partial charge in [-0.05, 0) is 53.1 Å². The summed E-state index contributed by atoms with van der Waals surface area (Å²) in [4.78, 5) is 28.3. The Morgan fingerprint density at radius 3 is 2.54 bits per heavy atom. The number of hydrogen-bond acceptors (Lipinski definition) is 3. The molecule has 1 aliphatic rings. The van der Waals surface area contributed by atoms with Crippen LogP contribution in [0.3, 0.4) is 0 Å². The van der Waals surface area contributed by atoms with Crippen LogP contribution in [0.25, 0.3) is 0 Å². The van der Waals surface area contributed by atoms with Crippen LogP contribution >= 0.6 is 34.2 Å². The lowest BCUT2D eigenvalue weighted by molar-refractivity contribution is 0.0745. The highest BCUT2D eigenvalue weighted by Gasteiger charge is 2.24. The third-order valence-electron chi connectivity index (χ3n) is 3.74. The molecule has 0 unspecified atom stereocenters. The molecule has 1 aromatic carbocycles. The Labute approximate surface area is 161 Å². The minimum atomic E-state index is -0.293. The van der Waals surface area contributed by atoms with Crippen molar-refractivity contribution in [3.63, 3.8) is 0 Å². The van der Waals surface area contributed by atoms with E-state index in [0.717, 1.165) is 9.99 Å². The highest BCUT2D eigenvalue weighted by molar-refractivity contribution is 14.1. The van der Waals surface area contributed by atoms with Crippen LogP contribution in [-0.2, 0) is 4.74 Å². The predicted molar refractivity (Wildman–Crippen MR) is 102 cm³/mol. The van der Waals surface area contributed by atoms with Crippen molar-refractivity contribution in [3.05, 3.63) is 32.4 Å². The highest BCUT2D eigenvalue weighted by atomic mass is 127. The molecule has 7 heteroatoms. The van der Waals surface area contributed by atoms with Crippen molar-refractivity contribution in [2.75, 3.05) is 32.8 Å². The maximum absolute atomic E-state index is 12.7. The molecule has 24 heavy (non-hydrogen) atoms. The van der Waals surface area contributed by atoms with Crippen molar-refractivity contribution >= 4 is 46.2 Å². The first-order valence-electron chi connectivity index (χ1n) is 8.04. The monoisotopic (exact) mass is 464 g/mol. The van der Waals surface area contributed by atoms with Gasteiger partial charge in [-0.2, -0.15) is 0 Å². The zero-order chi connectivity index (χ0) is 17.7. The highest BCUT2D eigenvalue weighted by Crippen LogP contribution is 2.20. The Hall–Kier alpha value is -1.02. The van der Waals surface area contributed by atoms with E-state index in [0.29, 0.717) is 49.3 Å². The number of halogens is 2. The van der Waals surface area contributed by atoms with Gasteiger partial charge >= 0.3 is 6.09 Å². The van der Waals surface area contributed by atoms with E-state index in [1.807, 2.05) is 13.8 Å². The number of carbonyl (C=O) groups is 2. The molecule has 0 aliphatic carbocycles. The summed E-state index contributed by atoms with van der Waals surface area (Å²) in [6, 6.07) is 5.26. The molecular formula is C17H22ClIN2O3. The summed E-state index contributed by atoms with van der Waals surface area (Å²) >= 11 is 8.07. The number of ether oxygens (including phenoxy) is 1. The molecule has 1 fully saturated rings. The van der Waals surface area contributed by atoms with Gasteiger partial charge in [0, 0.05) is 34.8 Å². The molecule has 0 atom stereocenters. The molecule has 1 saturated heterocycles. The minimum Gasteiger partial charge on any atom is -0.449 e. The van der Waals surface area contributed by atoms with Crippen molar-refractivity contribution < 1.29 is 14.3 Å². The summed E-state index contributed by atoms with van der Waals surface area (Å²) in [7, 11) is 0. The molecule has 132 valence electrons. The number of benzene rings is 1. The SMILES string of the molecule is CC(C)COC(=O)N1CCCN(C(=O)c2ccc(Cl)cc2I)CC1. The van der Waals surface area contributed by atoms with Gasteiger partial charge in [0.1, 0.15) is 0 Å². The molecule has 0 radical (unpaired) electrons. The van der Waals surface area contributed by atoms with Crippen molar-refractivity contribution in [1.29, 1.82) is 0 Å². The summed E-state index contributed by atoms with van der Waals surface area (Å²) < 4.78 is 6.11. The van der Waals surface area contributed by atoms with Gasteiger partial charge in [-0.15, -0.1) is 0 Å². The predicted octanol–water partition coefficient (Wildman–Crippen LogP) is 3.89. The van der Waals surface area contributed by atoms with Crippen molar-refractivity contribution in [3.8, 4) is 0 Å². The third kappa shape index (κ3) is 5.24. The Bertz CT molecular complexity index is 609. The number of nitrogens with zero attached hydrogens (tertiary/aromatic N) is 2. The van der Waals surface area contributed by atoms with E-state index in [9.17, 15) is 9.59 Å². The van der Waals surface area contributed by atoms with Gasteiger partial charge in [0.2, 0.25) is 0 Å². The minimum absolute atomic E-state index is 0.0199. The molecule has 1 aromatic rings. The summed E-state index contributed by atoms with van der Waals surface area (Å²) in [5.74, 6) is 0.291. The van der Waals surface area contributed by atoms with Gasteiger partial charge < -0.3 is 14.5 Å². The first-order chi connectivity index (χ1) is 11.4. The quantitative estimate of drug-likeness (QED) is 0.638. The fourth-order valence-electron chi connectivity index (χ4n) is 2.47. The lowest BCUT2D eigenvalue weighted by atomic mass is 10.2. The van der Waals surface area contributed by atoms with E-state index in [-0.39, 0.29) is 12.0 Å². The Morgan fingerprint density at radius 2 is 1.88 bits per heavy atom. The number of rotatable bonds is 3. The largest absolute Gasteiger partial charge is 0.449 e. The maximum atomic E-state index is 12.7. The van der Waals surface area contributed by atoms with Gasteiger partial charge in [-0.25, -0.2) is 4.79 Å². The van der Waals surface area contributed by atoms with E-state index in [1.54, 1.807) is 28.0 Å². The molecule has 0 aromatic heterocycles. The molecule has 2 amide bonds. The van der Waals surface area contributed by atoms with Crippen LogP contribution < -0.4 is 0 Å². The van der Waals surface area contributed by atoms with E-state index in [4.69, 9.17) is 16.3 Å². The normalized spacial score (nSPS) is 15.4. The van der Waals surface area contributed by atoms with E-state index >= 15 is 0 Å². The smallest absolute Gasteiger partial charge is 0.409 e. The van der Waals surface area contributed by atoms with Crippen LogP contribution in [0.1, 0.15) is 30.6 Å². The summed E-state index contributed by atoms with van der Waals surface area (Å²) in [5.41, 5.74) is 0.649. The molecule has 2 rings (SSSR count). The van der Waals surface area contributed by atoms with Gasteiger partial charge in [0.15, 0.2) is 0 Å². The number of carbonyl (C=O) groups excluding carboxylic acids is 2. The van der Waals surface area contributed by atoms with Crippen LogP contribution in [0, 0.1) is 9.49 Å². The first-order valence-corrected chi connectivity index (χ1v) is 9.50. The van der Waals surface area contributed by atoms with Crippen LogP contribution in [0.5, 0.6) is 0 Å². The fraction of sp³-hybridized carbons (Fsp3) is 0.529. The second-order valence-electron chi connectivity index (χ2n) is 6.23. The van der Waals surface area contributed by atoms with E-state index in [1.165, 1.54) is 0 Å². The van der Waals surface area contributed by atoms with Crippen LogP contribution in [0.2, 0.25) is 5.02 Å². The summed E-state index contributed by atoms with van der Waals surface area (Å²) in [6.45, 7) is 6.67. The van der Waals surface area contributed by atoms with Gasteiger partial charge in [0.25, 0.3) is 5.91 Å². The zero-order valence-electron chi connectivity index (χ0n) is 13.9. The van der Waals surface area contributed by atoms with Gasteiger partial charge in [0.05, 0.1) is 12.2 Å². The molecule has 0 bridgehead atoms. The molecule has 5 nitrogen and oxygen atoms in total. The standard InChI is InChI=1S/C17H22ClIN2O3/c1-12(2)11-24-17(23)21-7-3-6-20(8-9-21)16(22)14-5-4-13(18)10-15(14)19/h4-5,10,12H,3,6-9,11H2,1-2H3. The second kappa shape index (κ2) is 8.89. The first kappa shape index (κ1) is 19.3. The number of amides is 2. The molecule has 0 spiro atoms. The van der Waals surface area contributed by atoms with E-state index in [2.05, 4.69) is 22.6 Å². The molecule has 1 aliphatic heterocycles. The number of hydrogen-bond donors (Lipinski definition) is 0. The third-order valence-corrected chi connectivity index (χ3v) is 4.87. The van der Waals surface area contributed by atoms with Crippen LogP contribution in [-0.4, -0.2) is 54.6 Å². The fourth-order valence-corrected chi connectivity index (χ4v) is 3.57. The van der Waals surface area contributed by atoms with Crippen LogP contribution in [0.15, 0.2) is 18.2 Å². The average molecular weight is 465 g/mol. The lowest BCUT2D eigenvalue weighted by Crippen LogP contribution is -2.38. The van der Waals surface area contributed by atoms with Gasteiger partial charge in [-0.1, -0.05) is 25.4 Å². The zero-order valence-corrected chi connectivity index (χ0v) is 16.8. The molecular weight excluding hydrogens is 443 g/mol. The Kier molecular flexibility index (Phi) is 7.16. The van der Waals surface area contributed by atoms with Gasteiger partial charge in [-0.3, -0.25) is 4.79 Å².